The minimum atomic E-state index is -0.326. The Bertz CT molecular complexity index is 961. The van der Waals surface area contributed by atoms with Crippen molar-refractivity contribution >= 4 is 35.0 Å². The van der Waals surface area contributed by atoms with Crippen molar-refractivity contribution in [3.8, 4) is 0 Å². The van der Waals surface area contributed by atoms with Crippen molar-refractivity contribution in [1.82, 2.24) is 19.9 Å². The number of amides is 1. The molecule has 1 aromatic carbocycles. The van der Waals surface area contributed by atoms with Crippen LogP contribution in [0, 0.1) is 0 Å². The third kappa shape index (κ3) is 4.01. The van der Waals surface area contributed by atoms with Crippen LogP contribution in [0.2, 0.25) is 5.02 Å². The van der Waals surface area contributed by atoms with Crippen molar-refractivity contribution in [2.45, 2.75) is 0 Å². The van der Waals surface area contributed by atoms with Gasteiger partial charge in [-0.25, -0.2) is 19.9 Å². The molecule has 1 amide bonds. The Morgan fingerprint density at radius 3 is 2.39 bits per heavy atom. The number of para-hydroxylation sites is 1. The molecule has 4 rings (SSSR count). The number of nitrogens with zero attached hydrogens (tertiary/aromatic N) is 6. The highest BCUT2D eigenvalue weighted by Crippen LogP contribution is 2.22. The Morgan fingerprint density at radius 2 is 1.64 bits per heavy atom. The van der Waals surface area contributed by atoms with Crippen LogP contribution in [-0.4, -0.2) is 52.0 Å². The molecule has 1 aliphatic rings. The van der Waals surface area contributed by atoms with Crippen LogP contribution in [0.1, 0.15) is 10.5 Å². The van der Waals surface area contributed by atoms with Crippen molar-refractivity contribution in [3.63, 3.8) is 0 Å². The Labute approximate surface area is 167 Å². The van der Waals surface area contributed by atoms with E-state index in [9.17, 15) is 4.79 Å². The number of nitrogens with one attached hydrogen (secondary N) is 1. The lowest BCUT2D eigenvalue weighted by Crippen LogP contribution is -2.47. The summed E-state index contributed by atoms with van der Waals surface area (Å²) in [6.45, 7) is 3.05. The van der Waals surface area contributed by atoms with E-state index >= 15 is 0 Å². The van der Waals surface area contributed by atoms with Crippen molar-refractivity contribution in [1.29, 1.82) is 0 Å². The van der Waals surface area contributed by atoms with Crippen LogP contribution in [0.5, 0.6) is 0 Å². The van der Waals surface area contributed by atoms with Crippen molar-refractivity contribution < 1.29 is 4.79 Å². The van der Waals surface area contributed by atoms with Gasteiger partial charge in [-0.3, -0.25) is 4.79 Å². The highest BCUT2D eigenvalue weighted by atomic mass is 35.5. The van der Waals surface area contributed by atoms with E-state index in [1.54, 1.807) is 42.7 Å². The largest absolute Gasteiger partial charge is 0.353 e. The number of carbonyl (C=O) groups excluding carboxylic acids is 1. The number of benzene rings is 1. The number of piperazine rings is 1. The number of halogens is 1. The van der Waals surface area contributed by atoms with Crippen LogP contribution in [-0.2, 0) is 0 Å². The fourth-order valence-electron chi connectivity index (χ4n) is 2.98. The molecule has 0 unspecified atom stereocenters. The van der Waals surface area contributed by atoms with Gasteiger partial charge in [0.15, 0.2) is 0 Å². The van der Waals surface area contributed by atoms with Gasteiger partial charge in [0.2, 0.25) is 5.95 Å². The van der Waals surface area contributed by atoms with Crippen LogP contribution < -0.4 is 15.1 Å². The predicted octanol–water partition coefficient (Wildman–Crippen LogP) is 2.50. The molecule has 0 spiro atoms. The average Bonchev–Trinajstić information content (AvgIpc) is 2.76. The maximum atomic E-state index is 12.5. The van der Waals surface area contributed by atoms with E-state index in [4.69, 9.17) is 11.6 Å². The number of hydrogen-bond acceptors (Lipinski definition) is 7. The van der Waals surface area contributed by atoms with Crippen LogP contribution >= 0.6 is 11.6 Å². The summed E-state index contributed by atoms with van der Waals surface area (Å²) in [6.07, 6.45) is 4.88. The molecule has 1 N–H and O–H groups in total. The average molecular weight is 396 g/mol. The zero-order chi connectivity index (χ0) is 19.3. The molecule has 1 saturated heterocycles. The Balaban J connectivity index is 1.43. The zero-order valence-corrected chi connectivity index (χ0v) is 15.8. The normalized spacial score (nSPS) is 14.0. The second-order valence-electron chi connectivity index (χ2n) is 6.22. The van der Waals surface area contributed by atoms with E-state index < -0.39 is 0 Å². The minimum absolute atomic E-state index is 0.291. The van der Waals surface area contributed by atoms with Crippen LogP contribution in [0.3, 0.4) is 0 Å². The predicted molar refractivity (Wildman–Crippen MR) is 108 cm³/mol. The van der Waals surface area contributed by atoms with Gasteiger partial charge in [-0.15, -0.1) is 0 Å². The van der Waals surface area contributed by atoms with Gasteiger partial charge in [-0.05, 0) is 18.2 Å². The molecule has 28 heavy (non-hydrogen) atoms. The van der Waals surface area contributed by atoms with Crippen LogP contribution in [0.15, 0.2) is 55.1 Å². The third-order valence-corrected chi connectivity index (χ3v) is 4.78. The Hall–Kier alpha value is -3.26. The highest BCUT2D eigenvalue weighted by molar-refractivity contribution is 6.33. The monoisotopic (exact) mass is 395 g/mol. The third-order valence-electron chi connectivity index (χ3n) is 4.45. The van der Waals surface area contributed by atoms with Gasteiger partial charge in [0.25, 0.3) is 5.91 Å². The molecule has 0 radical (unpaired) electrons. The molecule has 9 heteroatoms. The lowest BCUT2D eigenvalue weighted by atomic mass is 10.2. The van der Waals surface area contributed by atoms with Crippen molar-refractivity contribution in [3.05, 3.63) is 65.8 Å². The first-order chi connectivity index (χ1) is 13.7. The molecule has 0 saturated carbocycles. The lowest BCUT2D eigenvalue weighted by Gasteiger charge is -2.35. The summed E-state index contributed by atoms with van der Waals surface area (Å²) in [4.78, 5) is 33.8. The molecular formula is C19H18ClN7O. The summed E-state index contributed by atoms with van der Waals surface area (Å²) in [5.74, 6) is 1.12. The second kappa shape index (κ2) is 8.18. The fourth-order valence-corrected chi connectivity index (χ4v) is 3.17. The number of carbonyl (C=O) groups is 1. The van der Waals surface area contributed by atoms with Gasteiger partial charge in [0.05, 0.1) is 10.7 Å². The molecule has 1 fully saturated rings. The molecule has 3 aromatic rings. The molecule has 142 valence electrons. The first kappa shape index (κ1) is 18.1. The van der Waals surface area contributed by atoms with Crippen LogP contribution in [0.4, 0.5) is 17.5 Å². The Kier molecular flexibility index (Phi) is 5.29. The quantitative estimate of drug-likeness (QED) is 0.726. The molecule has 0 bridgehead atoms. The maximum absolute atomic E-state index is 12.5. The van der Waals surface area contributed by atoms with Crippen LogP contribution in [0.25, 0.3) is 0 Å². The van der Waals surface area contributed by atoms with Crippen molar-refractivity contribution in [2.24, 2.45) is 0 Å². The number of aromatic nitrogens is 4. The van der Waals surface area contributed by atoms with Gasteiger partial charge in [0.1, 0.15) is 17.8 Å². The molecule has 0 atom stereocenters. The highest BCUT2D eigenvalue weighted by Gasteiger charge is 2.21. The number of anilines is 3. The smallest absolute Gasteiger partial charge is 0.274 e. The summed E-state index contributed by atoms with van der Waals surface area (Å²) in [6, 6.07) is 10.6. The van der Waals surface area contributed by atoms with Gasteiger partial charge in [-0.1, -0.05) is 23.7 Å². The van der Waals surface area contributed by atoms with E-state index in [1.165, 1.54) is 6.33 Å². The molecule has 1 aliphatic heterocycles. The number of hydrogen-bond donors (Lipinski definition) is 1. The summed E-state index contributed by atoms with van der Waals surface area (Å²) < 4.78 is 0. The standard InChI is InChI=1S/C19H18ClN7O/c20-14-4-1-2-5-15(14)25-18(28)16-12-17(24-13-23-16)26-8-10-27(11-9-26)19-21-6-3-7-22-19/h1-7,12-13H,8-11H2,(H,25,28). The molecule has 2 aromatic heterocycles. The minimum Gasteiger partial charge on any atom is -0.353 e. The topological polar surface area (TPSA) is 87.1 Å². The number of rotatable bonds is 4. The SMILES string of the molecule is O=C(Nc1ccccc1Cl)c1cc(N2CCN(c3ncccn3)CC2)ncn1. The molecule has 0 aliphatic carbocycles. The van der Waals surface area contributed by atoms with Crippen molar-refractivity contribution in [2.75, 3.05) is 41.3 Å². The van der Waals surface area contributed by atoms with E-state index in [0.29, 0.717) is 22.2 Å². The van der Waals surface area contributed by atoms with E-state index in [0.717, 1.165) is 32.1 Å². The summed E-state index contributed by atoms with van der Waals surface area (Å²) in [5, 5.41) is 3.26. The first-order valence-electron chi connectivity index (χ1n) is 8.85. The van der Waals surface area contributed by atoms with E-state index in [1.807, 2.05) is 6.07 Å². The molecule has 3 heterocycles. The van der Waals surface area contributed by atoms with E-state index in [2.05, 4.69) is 35.1 Å². The second-order valence-corrected chi connectivity index (χ2v) is 6.63. The summed E-state index contributed by atoms with van der Waals surface area (Å²) in [7, 11) is 0. The Morgan fingerprint density at radius 1 is 0.929 bits per heavy atom. The zero-order valence-electron chi connectivity index (χ0n) is 15.0. The van der Waals surface area contributed by atoms with Gasteiger partial charge in [0, 0.05) is 44.6 Å². The fraction of sp³-hybridized carbons (Fsp3) is 0.211. The first-order valence-corrected chi connectivity index (χ1v) is 9.23. The summed E-state index contributed by atoms with van der Waals surface area (Å²) >= 11 is 6.10. The van der Waals surface area contributed by atoms with Gasteiger partial charge < -0.3 is 15.1 Å². The van der Waals surface area contributed by atoms with E-state index in [-0.39, 0.29) is 5.91 Å². The lowest BCUT2D eigenvalue weighted by molar-refractivity contribution is 0.102. The summed E-state index contributed by atoms with van der Waals surface area (Å²) in [5.41, 5.74) is 0.838. The van der Waals surface area contributed by atoms with Gasteiger partial charge >= 0.3 is 0 Å². The molecule has 8 nitrogen and oxygen atoms in total. The van der Waals surface area contributed by atoms with Gasteiger partial charge in [-0.2, -0.15) is 0 Å². The molecular weight excluding hydrogens is 378 g/mol. The maximum Gasteiger partial charge on any atom is 0.274 e.